The number of hydrogen-bond donors (Lipinski definition) is 2. The van der Waals surface area contributed by atoms with Gasteiger partial charge in [0.15, 0.2) is 0 Å². The SMILES string of the molecule is C=CCOC(=O)Nc1c(C(=O)O)c(C)nn1C. The van der Waals surface area contributed by atoms with Crippen LogP contribution in [0.2, 0.25) is 0 Å². The highest BCUT2D eigenvalue weighted by atomic mass is 16.5. The van der Waals surface area contributed by atoms with Crippen LogP contribution in [0.25, 0.3) is 0 Å². The summed E-state index contributed by atoms with van der Waals surface area (Å²) in [6.45, 7) is 4.98. The molecule has 0 aliphatic carbocycles. The summed E-state index contributed by atoms with van der Waals surface area (Å²) in [6.07, 6.45) is 0.655. The molecule has 0 saturated carbocycles. The first-order valence-corrected chi connectivity index (χ1v) is 4.79. The van der Waals surface area contributed by atoms with E-state index in [1.165, 1.54) is 17.8 Å². The molecule has 92 valence electrons. The van der Waals surface area contributed by atoms with E-state index in [9.17, 15) is 9.59 Å². The van der Waals surface area contributed by atoms with Crippen molar-refractivity contribution in [2.24, 2.45) is 7.05 Å². The minimum Gasteiger partial charge on any atom is -0.477 e. The zero-order valence-corrected chi connectivity index (χ0v) is 9.56. The molecule has 1 rings (SSSR count). The molecule has 1 amide bonds. The number of amides is 1. The maximum atomic E-state index is 11.3. The van der Waals surface area contributed by atoms with Gasteiger partial charge in [-0.25, -0.2) is 9.59 Å². The molecule has 0 atom stereocenters. The predicted molar refractivity (Wildman–Crippen MR) is 60.1 cm³/mol. The molecule has 7 heteroatoms. The Hall–Kier alpha value is -2.31. The Labute approximate surface area is 97.7 Å². The number of aromatic nitrogens is 2. The molecule has 1 aromatic heterocycles. The zero-order valence-electron chi connectivity index (χ0n) is 9.56. The van der Waals surface area contributed by atoms with Gasteiger partial charge >= 0.3 is 12.1 Å². The summed E-state index contributed by atoms with van der Waals surface area (Å²) in [7, 11) is 1.53. The number of hydrogen-bond acceptors (Lipinski definition) is 4. The Morgan fingerprint density at radius 2 is 2.29 bits per heavy atom. The Kier molecular flexibility index (Phi) is 3.86. The first-order valence-electron chi connectivity index (χ1n) is 4.79. The van der Waals surface area contributed by atoms with Gasteiger partial charge in [0.25, 0.3) is 0 Å². The number of rotatable bonds is 4. The van der Waals surface area contributed by atoms with E-state index in [1.54, 1.807) is 6.92 Å². The van der Waals surface area contributed by atoms with Crippen LogP contribution >= 0.6 is 0 Å². The van der Waals surface area contributed by atoms with Crippen LogP contribution in [0.4, 0.5) is 10.6 Å². The number of aryl methyl sites for hydroxylation is 2. The fourth-order valence-electron chi connectivity index (χ4n) is 1.32. The van der Waals surface area contributed by atoms with Crippen LogP contribution in [0.1, 0.15) is 16.1 Å². The standard InChI is InChI=1S/C10H13N3O4/c1-4-5-17-10(16)11-8-7(9(14)15)6(2)12-13(8)3/h4H,1,5H2,2-3H3,(H,11,16)(H,14,15). The average molecular weight is 239 g/mol. The monoisotopic (exact) mass is 239 g/mol. The van der Waals surface area contributed by atoms with Crippen LogP contribution in [-0.4, -0.2) is 33.6 Å². The van der Waals surface area contributed by atoms with E-state index in [-0.39, 0.29) is 18.0 Å². The van der Waals surface area contributed by atoms with E-state index < -0.39 is 12.1 Å². The Balaban J connectivity index is 2.93. The molecule has 0 aliphatic heterocycles. The summed E-state index contributed by atoms with van der Waals surface area (Å²) in [5.74, 6) is -1.07. The molecule has 0 unspecified atom stereocenters. The number of nitrogens with zero attached hydrogens (tertiary/aromatic N) is 2. The van der Waals surface area contributed by atoms with Crippen molar-refractivity contribution in [2.75, 3.05) is 11.9 Å². The van der Waals surface area contributed by atoms with Crippen molar-refractivity contribution in [3.8, 4) is 0 Å². The number of carbonyl (C=O) groups is 2. The van der Waals surface area contributed by atoms with Crippen LogP contribution < -0.4 is 5.32 Å². The van der Waals surface area contributed by atoms with Crippen molar-refractivity contribution < 1.29 is 19.4 Å². The van der Waals surface area contributed by atoms with Gasteiger partial charge in [-0.1, -0.05) is 12.7 Å². The van der Waals surface area contributed by atoms with Gasteiger partial charge in [0.05, 0.1) is 5.69 Å². The van der Waals surface area contributed by atoms with Gasteiger partial charge in [-0.3, -0.25) is 10.00 Å². The average Bonchev–Trinajstić information content (AvgIpc) is 2.51. The summed E-state index contributed by atoms with van der Waals surface area (Å²) in [5.41, 5.74) is 0.266. The molecule has 2 N–H and O–H groups in total. The van der Waals surface area contributed by atoms with Gasteiger partial charge in [0, 0.05) is 7.05 Å². The fourth-order valence-corrected chi connectivity index (χ4v) is 1.32. The molecule has 0 aliphatic rings. The lowest BCUT2D eigenvalue weighted by Gasteiger charge is -2.06. The third-order valence-electron chi connectivity index (χ3n) is 1.99. The van der Waals surface area contributed by atoms with E-state index in [4.69, 9.17) is 9.84 Å². The zero-order chi connectivity index (χ0) is 13.0. The maximum Gasteiger partial charge on any atom is 0.413 e. The normalized spacial score (nSPS) is 9.76. The third-order valence-corrected chi connectivity index (χ3v) is 1.99. The van der Waals surface area contributed by atoms with Gasteiger partial charge in [0.2, 0.25) is 0 Å². The first kappa shape index (κ1) is 12.8. The molecule has 0 bridgehead atoms. The largest absolute Gasteiger partial charge is 0.477 e. The molecule has 17 heavy (non-hydrogen) atoms. The molecule has 0 radical (unpaired) electrons. The van der Waals surface area contributed by atoms with Crippen LogP contribution in [0.15, 0.2) is 12.7 Å². The minimum absolute atomic E-state index is 0.0467. The topological polar surface area (TPSA) is 93.4 Å². The molecule has 0 fully saturated rings. The van der Waals surface area contributed by atoms with E-state index in [1.807, 2.05) is 0 Å². The number of aromatic carboxylic acids is 1. The number of anilines is 1. The van der Waals surface area contributed by atoms with Gasteiger partial charge in [-0.15, -0.1) is 0 Å². The summed E-state index contributed by atoms with van der Waals surface area (Å²) in [5, 5.41) is 15.2. The van der Waals surface area contributed by atoms with Crippen molar-refractivity contribution in [2.45, 2.75) is 6.92 Å². The second kappa shape index (κ2) is 5.15. The Bertz CT molecular complexity index is 464. The van der Waals surface area contributed by atoms with Crippen LogP contribution in [0.3, 0.4) is 0 Å². The lowest BCUT2D eigenvalue weighted by Crippen LogP contribution is -2.18. The first-order chi connectivity index (χ1) is 7.97. The highest BCUT2D eigenvalue weighted by Crippen LogP contribution is 2.18. The van der Waals surface area contributed by atoms with Crippen LogP contribution in [0, 0.1) is 6.92 Å². The summed E-state index contributed by atoms with van der Waals surface area (Å²) >= 11 is 0. The molecule has 1 aromatic rings. The van der Waals surface area contributed by atoms with Crippen LogP contribution in [0.5, 0.6) is 0 Å². The smallest absolute Gasteiger partial charge is 0.413 e. The highest BCUT2D eigenvalue weighted by molar-refractivity contribution is 5.98. The molecule has 1 heterocycles. The molecular formula is C10H13N3O4. The van der Waals surface area contributed by atoms with Crippen molar-refractivity contribution in [3.05, 3.63) is 23.9 Å². The van der Waals surface area contributed by atoms with Crippen LogP contribution in [-0.2, 0) is 11.8 Å². The van der Waals surface area contributed by atoms with Crippen molar-refractivity contribution in [3.63, 3.8) is 0 Å². The van der Waals surface area contributed by atoms with E-state index in [2.05, 4.69) is 17.0 Å². The second-order valence-corrected chi connectivity index (χ2v) is 3.25. The number of nitrogens with one attached hydrogen (secondary N) is 1. The third kappa shape index (κ3) is 2.83. The quantitative estimate of drug-likeness (QED) is 0.769. The fraction of sp³-hybridized carbons (Fsp3) is 0.300. The Morgan fingerprint density at radius 3 is 2.82 bits per heavy atom. The number of carboxylic acid groups (broad SMARTS) is 1. The lowest BCUT2D eigenvalue weighted by molar-refractivity contribution is 0.0697. The van der Waals surface area contributed by atoms with Gasteiger partial charge < -0.3 is 9.84 Å². The van der Waals surface area contributed by atoms with E-state index in [0.717, 1.165) is 0 Å². The number of carbonyl (C=O) groups excluding carboxylic acids is 1. The van der Waals surface area contributed by atoms with Crippen molar-refractivity contribution >= 4 is 17.9 Å². The predicted octanol–water partition coefficient (Wildman–Crippen LogP) is 1.16. The molecule has 0 saturated heterocycles. The molecule has 7 nitrogen and oxygen atoms in total. The highest BCUT2D eigenvalue weighted by Gasteiger charge is 2.21. The molecular weight excluding hydrogens is 226 g/mol. The van der Waals surface area contributed by atoms with E-state index >= 15 is 0 Å². The minimum atomic E-state index is -1.16. The Morgan fingerprint density at radius 1 is 1.65 bits per heavy atom. The summed E-state index contributed by atoms with van der Waals surface area (Å²) in [4.78, 5) is 22.3. The summed E-state index contributed by atoms with van der Waals surface area (Å²) < 4.78 is 5.96. The maximum absolute atomic E-state index is 11.3. The molecule has 0 aromatic carbocycles. The van der Waals surface area contributed by atoms with Gasteiger partial charge in [0.1, 0.15) is 18.0 Å². The number of ether oxygens (including phenoxy) is 1. The summed E-state index contributed by atoms with van der Waals surface area (Å²) in [6, 6.07) is 0. The van der Waals surface area contributed by atoms with Crippen molar-refractivity contribution in [1.82, 2.24) is 9.78 Å². The number of carboxylic acids is 1. The van der Waals surface area contributed by atoms with E-state index in [0.29, 0.717) is 5.69 Å². The van der Waals surface area contributed by atoms with Gasteiger partial charge in [-0.05, 0) is 6.92 Å². The van der Waals surface area contributed by atoms with Gasteiger partial charge in [-0.2, -0.15) is 5.10 Å². The lowest BCUT2D eigenvalue weighted by atomic mass is 10.2. The van der Waals surface area contributed by atoms with Crippen molar-refractivity contribution in [1.29, 1.82) is 0 Å². The second-order valence-electron chi connectivity index (χ2n) is 3.25. The molecule has 0 spiro atoms.